The summed E-state index contributed by atoms with van der Waals surface area (Å²) in [5.41, 5.74) is 0. The van der Waals surface area contributed by atoms with E-state index in [4.69, 9.17) is 5.11 Å². The molecule has 1 atom stereocenters. The first kappa shape index (κ1) is 31.4. The predicted molar refractivity (Wildman–Crippen MR) is 134 cm³/mol. The Labute approximate surface area is 202 Å². The van der Waals surface area contributed by atoms with Crippen molar-refractivity contribution < 1.29 is 24.3 Å². The molecule has 33 heavy (non-hydrogen) atoms. The van der Waals surface area contributed by atoms with Crippen LogP contribution in [0.1, 0.15) is 104 Å². The number of carboxylic acids is 2. The van der Waals surface area contributed by atoms with Gasteiger partial charge in [0.25, 0.3) is 0 Å². The number of amidine groups is 1. The summed E-state index contributed by atoms with van der Waals surface area (Å²) in [7, 11) is 5.40. The third-order valence-corrected chi connectivity index (χ3v) is 5.80. The van der Waals surface area contributed by atoms with Gasteiger partial charge in [0.2, 0.25) is 0 Å². The highest BCUT2D eigenvalue weighted by Crippen LogP contribution is 2.19. The zero-order valence-corrected chi connectivity index (χ0v) is 22.1. The van der Waals surface area contributed by atoms with Crippen molar-refractivity contribution in [1.29, 1.82) is 0 Å². The Hall–Kier alpha value is -1.63. The number of unbranched alkanes of at least 4 members (excludes halogenated alkanes) is 9. The molecule has 0 aromatic rings. The molecule has 1 rings (SSSR count). The van der Waals surface area contributed by atoms with E-state index < -0.39 is 11.9 Å². The van der Waals surface area contributed by atoms with Gasteiger partial charge in [-0.05, 0) is 12.8 Å². The number of carboxylic acid groups (broad SMARTS) is 2. The third kappa shape index (κ3) is 18.5. The van der Waals surface area contributed by atoms with Crippen LogP contribution < -0.4 is 5.11 Å². The molecule has 0 fully saturated rings. The third-order valence-electron chi connectivity index (χ3n) is 5.80. The van der Waals surface area contributed by atoms with E-state index in [2.05, 4.69) is 23.7 Å². The average molecular weight is 470 g/mol. The summed E-state index contributed by atoms with van der Waals surface area (Å²) in [5.74, 6) is -0.527. The molecule has 0 saturated carbocycles. The fraction of sp³-hybridized carbons (Fsp3) is 0.885. The van der Waals surface area contributed by atoms with E-state index in [9.17, 15) is 14.7 Å². The van der Waals surface area contributed by atoms with Crippen LogP contribution in [0, 0.1) is 0 Å². The van der Waals surface area contributed by atoms with Gasteiger partial charge in [0.15, 0.2) is 0 Å². The van der Waals surface area contributed by atoms with Gasteiger partial charge in [0.05, 0.1) is 45.9 Å². The van der Waals surface area contributed by atoms with E-state index in [1.807, 2.05) is 0 Å². The zero-order valence-electron chi connectivity index (χ0n) is 22.1. The summed E-state index contributed by atoms with van der Waals surface area (Å²) < 4.78 is 0.419. The lowest BCUT2D eigenvalue weighted by molar-refractivity contribution is -0.864. The summed E-state index contributed by atoms with van der Waals surface area (Å²) in [4.78, 5) is 27.9. The van der Waals surface area contributed by atoms with Crippen LogP contribution >= 0.6 is 0 Å². The topological polar surface area (TPSA) is 93.0 Å². The SMILES string of the molecule is CCCCCCCCCCCCC1=NCCN1C(CCC)CC(=O)O.C[N+](C)(C)CC(=O)[O-]. The van der Waals surface area contributed by atoms with Gasteiger partial charge in [-0.2, -0.15) is 0 Å². The summed E-state index contributed by atoms with van der Waals surface area (Å²) in [6.45, 7) is 6.21. The monoisotopic (exact) mass is 469 g/mol. The second-order valence-corrected chi connectivity index (χ2v) is 10.3. The second kappa shape index (κ2) is 18.8. The van der Waals surface area contributed by atoms with Crippen LogP contribution in [0.25, 0.3) is 0 Å². The van der Waals surface area contributed by atoms with Crippen LogP contribution in [0.15, 0.2) is 4.99 Å². The molecular weight excluding hydrogens is 418 g/mol. The van der Waals surface area contributed by atoms with Crippen LogP contribution in [-0.4, -0.2) is 79.1 Å². The van der Waals surface area contributed by atoms with Gasteiger partial charge in [-0.25, -0.2) is 0 Å². The van der Waals surface area contributed by atoms with E-state index in [1.54, 1.807) is 21.1 Å². The number of likely N-dealkylation sites (N-methyl/N-ethyl adjacent to an activating group) is 1. The number of aliphatic imine (C=N–C) groups is 1. The molecule has 0 aliphatic carbocycles. The van der Waals surface area contributed by atoms with Crippen molar-refractivity contribution in [2.45, 2.75) is 110 Å². The Kier molecular flexibility index (Phi) is 17.8. The van der Waals surface area contributed by atoms with Crippen molar-refractivity contribution in [3.05, 3.63) is 0 Å². The van der Waals surface area contributed by atoms with E-state index >= 15 is 0 Å². The van der Waals surface area contributed by atoms with Crippen LogP contribution in [0.4, 0.5) is 0 Å². The van der Waals surface area contributed by atoms with Gasteiger partial charge in [-0.1, -0.05) is 78.1 Å². The van der Waals surface area contributed by atoms with Crippen LogP contribution in [0.3, 0.4) is 0 Å². The molecule has 1 heterocycles. The van der Waals surface area contributed by atoms with Crippen LogP contribution in [0.2, 0.25) is 0 Å². The molecule has 0 radical (unpaired) electrons. The number of hydrogen-bond acceptors (Lipinski definition) is 5. The van der Waals surface area contributed by atoms with Crippen molar-refractivity contribution in [1.82, 2.24) is 4.90 Å². The quantitative estimate of drug-likeness (QED) is 0.241. The molecule has 1 unspecified atom stereocenters. The number of carbonyl (C=O) groups is 2. The maximum absolute atomic E-state index is 11.1. The lowest BCUT2D eigenvalue weighted by atomic mass is 10.0. The highest BCUT2D eigenvalue weighted by atomic mass is 16.4. The Morgan fingerprint density at radius 3 is 1.94 bits per heavy atom. The highest BCUT2D eigenvalue weighted by molar-refractivity contribution is 5.84. The molecule has 7 nitrogen and oxygen atoms in total. The highest BCUT2D eigenvalue weighted by Gasteiger charge is 2.26. The van der Waals surface area contributed by atoms with E-state index in [-0.39, 0.29) is 19.0 Å². The van der Waals surface area contributed by atoms with Gasteiger partial charge >= 0.3 is 5.97 Å². The van der Waals surface area contributed by atoms with E-state index in [1.165, 1.54) is 70.0 Å². The smallest absolute Gasteiger partial charge is 0.305 e. The fourth-order valence-electron chi connectivity index (χ4n) is 4.18. The van der Waals surface area contributed by atoms with Crippen molar-refractivity contribution in [3.8, 4) is 0 Å². The minimum Gasteiger partial charge on any atom is -0.544 e. The Bertz CT molecular complexity index is 558. The minimum absolute atomic E-state index is 0.0694. The Balaban J connectivity index is 0.00000109. The summed E-state index contributed by atoms with van der Waals surface area (Å²) in [5, 5.41) is 19.0. The van der Waals surface area contributed by atoms with E-state index in [0.29, 0.717) is 4.48 Å². The maximum atomic E-state index is 11.1. The first-order valence-corrected chi connectivity index (χ1v) is 13.1. The fourth-order valence-corrected chi connectivity index (χ4v) is 4.18. The predicted octanol–water partition coefficient (Wildman–Crippen LogP) is 4.10. The normalized spacial score (nSPS) is 14.5. The Morgan fingerprint density at radius 1 is 0.970 bits per heavy atom. The summed E-state index contributed by atoms with van der Waals surface area (Å²) >= 11 is 0. The number of hydrogen-bond donors (Lipinski definition) is 1. The molecule has 0 spiro atoms. The van der Waals surface area contributed by atoms with Gasteiger partial charge < -0.3 is 24.4 Å². The van der Waals surface area contributed by atoms with Gasteiger partial charge in [-0.3, -0.25) is 9.79 Å². The second-order valence-electron chi connectivity index (χ2n) is 10.3. The lowest BCUT2D eigenvalue weighted by Crippen LogP contribution is -2.45. The number of carbonyl (C=O) groups excluding carboxylic acids is 1. The first-order chi connectivity index (χ1) is 15.6. The standard InChI is InChI=1S/C21H40N2O2.C5H11NO2/c1-3-5-6-7-8-9-10-11-12-13-15-20-22-16-17-23(20)19(14-4-2)18-21(24)25;1-6(2,3)4-5(7)8/h19H,3-18H2,1-2H3,(H,24,25);4H2,1-3H3. The molecule has 0 aromatic carbocycles. The minimum atomic E-state index is -1.00. The van der Waals surface area contributed by atoms with Crippen LogP contribution in [0.5, 0.6) is 0 Å². The number of rotatable bonds is 18. The molecule has 194 valence electrons. The number of quaternary nitrogens is 1. The molecule has 7 heteroatoms. The molecule has 0 aromatic heterocycles. The maximum Gasteiger partial charge on any atom is 0.305 e. The molecule has 0 amide bonds. The molecule has 0 saturated heterocycles. The van der Waals surface area contributed by atoms with Crippen molar-refractivity contribution in [2.75, 3.05) is 40.8 Å². The van der Waals surface area contributed by atoms with Crippen molar-refractivity contribution >= 4 is 17.8 Å². The molecule has 1 aliphatic heterocycles. The zero-order chi connectivity index (χ0) is 25.1. The molecule has 0 bridgehead atoms. The average Bonchev–Trinajstić information content (AvgIpc) is 3.16. The molecule has 1 N–H and O–H groups in total. The van der Waals surface area contributed by atoms with Crippen molar-refractivity contribution in [3.63, 3.8) is 0 Å². The van der Waals surface area contributed by atoms with Gasteiger partial charge in [-0.15, -0.1) is 0 Å². The number of aliphatic carboxylic acids is 2. The van der Waals surface area contributed by atoms with Crippen molar-refractivity contribution in [2.24, 2.45) is 4.99 Å². The number of nitrogens with zero attached hydrogens (tertiary/aromatic N) is 3. The molecule has 1 aliphatic rings. The van der Waals surface area contributed by atoms with Gasteiger partial charge in [0.1, 0.15) is 6.54 Å². The molecular formula is C26H51N3O4. The summed E-state index contributed by atoms with van der Waals surface area (Å²) in [6.07, 6.45) is 16.7. The van der Waals surface area contributed by atoms with E-state index in [0.717, 1.165) is 32.4 Å². The van der Waals surface area contributed by atoms with Gasteiger partial charge in [0, 0.05) is 19.0 Å². The largest absolute Gasteiger partial charge is 0.544 e. The lowest BCUT2D eigenvalue weighted by Gasteiger charge is -2.29. The summed E-state index contributed by atoms with van der Waals surface area (Å²) in [6, 6.07) is 0.131. The van der Waals surface area contributed by atoms with Crippen LogP contribution in [-0.2, 0) is 9.59 Å². The first-order valence-electron chi connectivity index (χ1n) is 13.1. The Morgan fingerprint density at radius 2 is 1.52 bits per heavy atom.